The minimum Gasteiger partial charge on any atom is -0.309 e. The van der Waals surface area contributed by atoms with Crippen LogP contribution in [0, 0.1) is 0 Å². The van der Waals surface area contributed by atoms with Crippen LogP contribution in [0.15, 0.2) is 66.7 Å². The first kappa shape index (κ1) is 15.5. The second-order valence-corrected chi connectivity index (χ2v) is 5.67. The molecule has 0 N–H and O–H groups in total. The van der Waals surface area contributed by atoms with E-state index in [9.17, 15) is 0 Å². The van der Waals surface area contributed by atoms with Crippen molar-refractivity contribution in [3.63, 3.8) is 0 Å². The van der Waals surface area contributed by atoms with E-state index in [1.807, 2.05) is 0 Å². The number of hydrogen-bond donors (Lipinski definition) is 0. The van der Waals surface area contributed by atoms with Crippen LogP contribution in [-0.2, 0) is 6.42 Å². The maximum absolute atomic E-state index is 2.40. The van der Waals surface area contributed by atoms with E-state index < -0.39 is 0 Å². The van der Waals surface area contributed by atoms with Crippen molar-refractivity contribution in [2.24, 2.45) is 0 Å². The summed E-state index contributed by atoms with van der Waals surface area (Å²) in [5.41, 5.74) is 4.22. The van der Waals surface area contributed by atoms with Gasteiger partial charge in [0.1, 0.15) is 0 Å². The number of aryl methyl sites for hydroxylation is 1. The SMILES string of the molecule is CN(C)CCC=C(CCc1ccccc1)c1ccccc1. The van der Waals surface area contributed by atoms with Crippen molar-refractivity contribution >= 4 is 5.57 Å². The Bertz CT molecular complexity index is 541. The van der Waals surface area contributed by atoms with Crippen LogP contribution in [0.2, 0.25) is 0 Å². The lowest BCUT2D eigenvalue weighted by Crippen LogP contribution is -2.12. The molecule has 0 aliphatic carbocycles. The highest BCUT2D eigenvalue weighted by Crippen LogP contribution is 2.21. The Kier molecular flexibility index (Phi) is 6.23. The van der Waals surface area contributed by atoms with Gasteiger partial charge >= 0.3 is 0 Å². The molecule has 0 heterocycles. The molecule has 0 saturated carbocycles. The molecule has 0 aliphatic rings. The average Bonchev–Trinajstić information content (AvgIpc) is 2.52. The summed E-state index contributed by atoms with van der Waals surface area (Å²) in [6.45, 7) is 1.10. The normalized spacial score (nSPS) is 11.9. The molecule has 2 rings (SSSR count). The molecule has 2 aromatic carbocycles. The first-order valence-electron chi connectivity index (χ1n) is 7.69. The van der Waals surface area contributed by atoms with Crippen LogP contribution >= 0.6 is 0 Å². The summed E-state index contributed by atoms with van der Waals surface area (Å²) in [5.74, 6) is 0. The molecule has 0 atom stereocenters. The van der Waals surface area contributed by atoms with Gasteiger partial charge in [-0.05, 0) is 50.1 Å². The van der Waals surface area contributed by atoms with Crippen molar-refractivity contribution in [3.8, 4) is 0 Å². The molecule has 0 aromatic heterocycles. The number of benzene rings is 2. The number of hydrogen-bond acceptors (Lipinski definition) is 1. The molecular formula is C20H25N. The van der Waals surface area contributed by atoms with Crippen molar-refractivity contribution in [1.29, 1.82) is 0 Å². The van der Waals surface area contributed by atoms with Gasteiger partial charge in [-0.3, -0.25) is 0 Å². The van der Waals surface area contributed by atoms with Crippen molar-refractivity contribution in [2.75, 3.05) is 20.6 Å². The molecule has 110 valence electrons. The quantitative estimate of drug-likeness (QED) is 0.713. The van der Waals surface area contributed by atoms with Gasteiger partial charge in [0.05, 0.1) is 0 Å². The fourth-order valence-electron chi connectivity index (χ4n) is 2.44. The smallest absolute Gasteiger partial charge is 0.00100 e. The van der Waals surface area contributed by atoms with Crippen molar-refractivity contribution in [3.05, 3.63) is 77.9 Å². The Hall–Kier alpha value is -1.86. The second kappa shape index (κ2) is 8.43. The Balaban J connectivity index is 2.05. The molecule has 0 radical (unpaired) electrons. The van der Waals surface area contributed by atoms with E-state index in [1.54, 1.807) is 0 Å². The van der Waals surface area contributed by atoms with Gasteiger partial charge in [0, 0.05) is 6.54 Å². The fourth-order valence-corrected chi connectivity index (χ4v) is 2.44. The molecule has 1 heteroatoms. The van der Waals surface area contributed by atoms with Crippen molar-refractivity contribution in [2.45, 2.75) is 19.3 Å². The Labute approximate surface area is 128 Å². The lowest BCUT2D eigenvalue weighted by Gasteiger charge is -2.11. The Morgan fingerprint density at radius 2 is 1.52 bits per heavy atom. The van der Waals surface area contributed by atoms with Crippen LogP contribution in [0.1, 0.15) is 24.0 Å². The van der Waals surface area contributed by atoms with Gasteiger partial charge in [-0.1, -0.05) is 66.7 Å². The second-order valence-electron chi connectivity index (χ2n) is 5.67. The number of nitrogens with zero attached hydrogens (tertiary/aromatic N) is 1. The molecule has 0 aliphatic heterocycles. The van der Waals surface area contributed by atoms with Gasteiger partial charge in [0.15, 0.2) is 0 Å². The fraction of sp³-hybridized carbons (Fsp3) is 0.300. The summed E-state index contributed by atoms with van der Waals surface area (Å²) < 4.78 is 0. The maximum atomic E-state index is 2.40. The Morgan fingerprint density at radius 3 is 2.14 bits per heavy atom. The van der Waals surface area contributed by atoms with E-state index >= 15 is 0 Å². The predicted octanol–water partition coefficient (Wildman–Crippen LogP) is 4.65. The molecule has 0 unspecified atom stereocenters. The number of allylic oxidation sites excluding steroid dienone is 1. The first-order valence-corrected chi connectivity index (χ1v) is 7.69. The van der Waals surface area contributed by atoms with E-state index in [1.165, 1.54) is 16.7 Å². The van der Waals surface area contributed by atoms with Gasteiger partial charge in [0.2, 0.25) is 0 Å². The zero-order chi connectivity index (χ0) is 14.9. The lowest BCUT2D eigenvalue weighted by atomic mass is 9.97. The van der Waals surface area contributed by atoms with Crippen LogP contribution in [0.3, 0.4) is 0 Å². The van der Waals surface area contributed by atoms with Crippen LogP contribution in [0.5, 0.6) is 0 Å². The third-order valence-electron chi connectivity index (χ3n) is 3.64. The average molecular weight is 279 g/mol. The van der Waals surface area contributed by atoms with Gasteiger partial charge < -0.3 is 4.90 Å². The standard InChI is InChI=1S/C20H25N/c1-21(2)17-9-14-20(19-12-7-4-8-13-19)16-15-18-10-5-3-6-11-18/h3-8,10-14H,9,15-17H2,1-2H3. The predicted molar refractivity (Wildman–Crippen MR) is 92.4 cm³/mol. The molecule has 2 aromatic rings. The molecule has 21 heavy (non-hydrogen) atoms. The maximum Gasteiger partial charge on any atom is 0.00100 e. The molecule has 0 bridgehead atoms. The minimum atomic E-state index is 1.10. The molecule has 1 nitrogen and oxygen atoms in total. The van der Waals surface area contributed by atoms with Crippen LogP contribution < -0.4 is 0 Å². The lowest BCUT2D eigenvalue weighted by molar-refractivity contribution is 0.417. The molecule has 0 amide bonds. The summed E-state index contributed by atoms with van der Waals surface area (Å²) in [6.07, 6.45) is 5.70. The molecule has 0 saturated heterocycles. The van der Waals surface area contributed by atoms with Crippen molar-refractivity contribution < 1.29 is 0 Å². The highest BCUT2D eigenvalue weighted by atomic mass is 15.0. The molecule has 0 spiro atoms. The third kappa shape index (κ3) is 5.57. The van der Waals surface area contributed by atoms with E-state index in [-0.39, 0.29) is 0 Å². The van der Waals surface area contributed by atoms with Gasteiger partial charge in [-0.25, -0.2) is 0 Å². The zero-order valence-corrected chi connectivity index (χ0v) is 13.1. The van der Waals surface area contributed by atoms with Crippen LogP contribution in [-0.4, -0.2) is 25.5 Å². The molecular weight excluding hydrogens is 254 g/mol. The van der Waals surface area contributed by atoms with Crippen molar-refractivity contribution in [1.82, 2.24) is 4.90 Å². The number of rotatable bonds is 7. The molecule has 0 fully saturated rings. The van der Waals surface area contributed by atoms with Crippen LogP contribution in [0.25, 0.3) is 5.57 Å². The van der Waals surface area contributed by atoms with Gasteiger partial charge in [-0.15, -0.1) is 0 Å². The topological polar surface area (TPSA) is 3.24 Å². The van der Waals surface area contributed by atoms with E-state index in [2.05, 4.69) is 85.7 Å². The van der Waals surface area contributed by atoms with E-state index in [0.717, 1.165) is 25.8 Å². The van der Waals surface area contributed by atoms with Gasteiger partial charge in [0.25, 0.3) is 0 Å². The highest BCUT2D eigenvalue weighted by Gasteiger charge is 2.02. The summed E-state index contributed by atoms with van der Waals surface area (Å²) in [5, 5.41) is 0. The summed E-state index contributed by atoms with van der Waals surface area (Å²) in [7, 11) is 4.25. The van der Waals surface area contributed by atoms with E-state index in [4.69, 9.17) is 0 Å². The summed E-state index contributed by atoms with van der Waals surface area (Å²) in [6, 6.07) is 21.5. The minimum absolute atomic E-state index is 1.10. The monoisotopic (exact) mass is 279 g/mol. The van der Waals surface area contributed by atoms with Crippen LogP contribution in [0.4, 0.5) is 0 Å². The largest absolute Gasteiger partial charge is 0.309 e. The Morgan fingerprint density at radius 1 is 0.905 bits per heavy atom. The summed E-state index contributed by atoms with van der Waals surface area (Å²) in [4.78, 5) is 2.23. The highest BCUT2D eigenvalue weighted by molar-refractivity contribution is 5.65. The third-order valence-corrected chi connectivity index (χ3v) is 3.64. The zero-order valence-electron chi connectivity index (χ0n) is 13.1. The van der Waals surface area contributed by atoms with E-state index in [0.29, 0.717) is 0 Å². The first-order chi connectivity index (χ1) is 10.3. The summed E-state index contributed by atoms with van der Waals surface area (Å²) >= 11 is 0. The van der Waals surface area contributed by atoms with Gasteiger partial charge in [-0.2, -0.15) is 0 Å².